The van der Waals surface area contributed by atoms with Crippen molar-refractivity contribution >= 4 is 36.6 Å². The number of nitrogens with two attached hydrogens (primary N) is 3. The molecule has 0 aliphatic carbocycles. The van der Waals surface area contributed by atoms with Crippen LogP contribution in [0.3, 0.4) is 0 Å². The predicted octanol–water partition coefficient (Wildman–Crippen LogP) is 0.710. The Kier molecular flexibility index (Phi) is 8.16. The second-order valence-corrected chi connectivity index (χ2v) is 10.7. The van der Waals surface area contributed by atoms with E-state index in [0.29, 0.717) is 0 Å². The Balaban J connectivity index is 1.51. The van der Waals surface area contributed by atoms with Gasteiger partial charge in [0.25, 0.3) is 0 Å². The fourth-order valence-electron chi connectivity index (χ4n) is 3.80. The lowest BCUT2D eigenvalue weighted by Crippen LogP contribution is -2.41. The Morgan fingerprint density at radius 3 is 2.63 bits per heavy atom. The van der Waals surface area contributed by atoms with Crippen LogP contribution in [0.15, 0.2) is 36.7 Å². The number of aromatic nitrogens is 4. The monoisotopic (exact) mass is 550 g/mol. The lowest BCUT2D eigenvalue weighted by atomic mass is 10.1. The molecule has 2 aromatic heterocycles. The van der Waals surface area contributed by atoms with Crippen molar-refractivity contribution in [2.75, 3.05) is 18.1 Å². The summed E-state index contributed by atoms with van der Waals surface area (Å²) >= 11 is 0. The molecule has 0 spiro atoms. The van der Waals surface area contributed by atoms with Crippen LogP contribution in [-0.2, 0) is 23.4 Å². The maximum Gasteiger partial charge on any atom is 0.459 e. The van der Waals surface area contributed by atoms with Crippen molar-refractivity contribution in [1.29, 1.82) is 0 Å². The van der Waals surface area contributed by atoms with E-state index in [-0.39, 0.29) is 34.8 Å². The second-order valence-electron chi connectivity index (χ2n) is 8.96. The van der Waals surface area contributed by atoms with Crippen LogP contribution in [0.5, 0.6) is 5.75 Å². The molecule has 8 N–H and O–H groups in total. The van der Waals surface area contributed by atoms with E-state index in [0.717, 1.165) is 0 Å². The zero-order valence-electron chi connectivity index (χ0n) is 21.0. The maximum atomic E-state index is 13.7. The molecule has 3 aromatic rings. The number of nitrogens with zero attached hydrogens (tertiary/aromatic N) is 4. The lowest BCUT2D eigenvalue weighted by Gasteiger charge is -2.25. The van der Waals surface area contributed by atoms with Crippen molar-refractivity contribution in [3.63, 3.8) is 0 Å². The third-order valence-corrected chi connectivity index (χ3v) is 7.24. The third-order valence-electron chi connectivity index (χ3n) is 5.59. The molecule has 1 aromatic carbocycles. The molecule has 15 nitrogen and oxygen atoms in total. The van der Waals surface area contributed by atoms with E-state index >= 15 is 0 Å². The smallest absolute Gasteiger partial charge is 0.459 e. The summed E-state index contributed by atoms with van der Waals surface area (Å²) in [4.78, 5) is 24.5. The molecule has 0 unspecified atom stereocenters. The molecule has 3 heterocycles. The van der Waals surface area contributed by atoms with Crippen molar-refractivity contribution in [2.45, 2.75) is 57.4 Å². The van der Waals surface area contributed by atoms with Crippen molar-refractivity contribution in [1.82, 2.24) is 24.6 Å². The van der Waals surface area contributed by atoms with Gasteiger partial charge in [0.15, 0.2) is 17.7 Å². The number of imidazole rings is 1. The van der Waals surface area contributed by atoms with Gasteiger partial charge in [-0.25, -0.2) is 9.55 Å². The summed E-state index contributed by atoms with van der Waals surface area (Å²) in [7, 11) is -4.18. The highest BCUT2D eigenvalue weighted by molar-refractivity contribution is 7.52. The maximum absolute atomic E-state index is 13.7. The Hall–Kier alpha value is -3.33. The van der Waals surface area contributed by atoms with Crippen LogP contribution < -0.4 is 26.8 Å². The van der Waals surface area contributed by atoms with Gasteiger partial charge in [-0.1, -0.05) is 18.2 Å². The summed E-state index contributed by atoms with van der Waals surface area (Å²) < 4.78 is 37.6. The summed E-state index contributed by atoms with van der Waals surface area (Å²) in [5, 5.41) is 13.4. The van der Waals surface area contributed by atoms with Crippen LogP contribution in [0.2, 0.25) is 0 Å². The highest BCUT2D eigenvalue weighted by Crippen LogP contribution is 2.46. The molecule has 4 rings (SSSR count). The molecule has 0 saturated carbocycles. The van der Waals surface area contributed by atoms with Crippen LogP contribution in [0, 0.1) is 0 Å². The zero-order chi connectivity index (χ0) is 27.6. The summed E-state index contributed by atoms with van der Waals surface area (Å²) in [6, 6.07) is 6.29. The number of benzene rings is 1. The first kappa shape index (κ1) is 27.7. The lowest BCUT2D eigenvalue weighted by molar-refractivity contribution is -0.149. The van der Waals surface area contributed by atoms with Crippen molar-refractivity contribution in [3.05, 3.63) is 36.7 Å². The van der Waals surface area contributed by atoms with E-state index in [1.165, 1.54) is 17.8 Å². The molecular weight excluding hydrogens is 519 g/mol. The number of fused-ring (bicyclic) bond motifs is 1. The van der Waals surface area contributed by atoms with Crippen LogP contribution >= 0.6 is 7.75 Å². The van der Waals surface area contributed by atoms with Crippen LogP contribution in [0.4, 0.5) is 11.8 Å². The first-order chi connectivity index (χ1) is 18.0. The minimum absolute atomic E-state index is 0.0704. The molecule has 1 fully saturated rings. The Morgan fingerprint density at radius 2 is 1.95 bits per heavy atom. The van der Waals surface area contributed by atoms with Gasteiger partial charge in [-0.3, -0.25) is 13.9 Å². The molecule has 206 valence electrons. The number of aliphatic hydroxyl groups excluding tert-OH is 1. The minimum Gasteiger partial charge on any atom is -0.462 e. The molecule has 0 bridgehead atoms. The fraction of sp³-hybridized carbons (Fsp3) is 0.455. The van der Waals surface area contributed by atoms with Gasteiger partial charge in [-0.15, -0.1) is 0 Å². The van der Waals surface area contributed by atoms with E-state index in [4.69, 9.17) is 35.7 Å². The molecule has 38 heavy (non-hydrogen) atoms. The van der Waals surface area contributed by atoms with E-state index in [2.05, 4.69) is 20.0 Å². The number of para-hydroxylation sites is 1. The molecule has 0 amide bonds. The summed E-state index contributed by atoms with van der Waals surface area (Å²) in [6.07, 6.45) is -2.18. The molecule has 0 radical (unpaired) electrons. The molecule has 1 saturated heterocycles. The van der Waals surface area contributed by atoms with E-state index in [1.807, 2.05) is 0 Å². The van der Waals surface area contributed by atoms with Gasteiger partial charge in [0.2, 0.25) is 5.95 Å². The quantitative estimate of drug-likeness (QED) is 0.173. The van der Waals surface area contributed by atoms with Gasteiger partial charge < -0.3 is 36.3 Å². The summed E-state index contributed by atoms with van der Waals surface area (Å²) in [6.45, 7) is 4.45. The number of nitrogens with one attached hydrogen (secondary N) is 1. The number of anilines is 2. The normalized spacial score (nSPS) is 23.8. The van der Waals surface area contributed by atoms with Gasteiger partial charge in [-0.05, 0) is 32.9 Å². The van der Waals surface area contributed by atoms with Crippen LogP contribution in [0.1, 0.15) is 27.0 Å². The Bertz CT molecular complexity index is 1320. The number of carbonyl (C=O) groups excluding carboxylic acids is 1. The number of rotatable bonds is 10. The second kappa shape index (κ2) is 11.2. The van der Waals surface area contributed by atoms with Gasteiger partial charge in [-0.2, -0.15) is 15.1 Å². The average molecular weight is 551 g/mol. The fourth-order valence-corrected chi connectivity index (χ4v) is 5.31. The molecule has 1 aliphatic rings. The number of esters is 1. The third kappa shape index (κ3) is 6.04. The summed E-state index contributed by atoms with van der Waals surface area (Å²) in [5.41, 5.74) is 18.4. The first-order valence-electron chi connectivity index (χ1n) is 11.8. The number of hydrogen-bond acceptors (Lipinski definition) is 13. The predicted molar refractivity (Wildman–Crippen MR) is 136 cm³/mol. The van der Waals surface area contributed by atoms with E-state index < -0.39 is 50.8 Å². The highest BCUT2D eigenvalue weighted by Gasteiger charge is 2.45. The van der Waals surface area contributed by atoms with Crippen LogP contribution in [-0.4, -0.2) is 67.6 Å². The topological polar surface area (TPSA) is 225 Å². The zero-order valence-corrected chi connectivity index (χ0v) is 21.9. The van der Waals surface area contributed by atoms with E-state index in [1.54, 1.807) is 44.2 Å². The van der Waals surface area contributed by atoms with E-state index in [9.17, 15) is 14.5 Å². The number of carbonyl (C=O) groups is 1. The molecular formula is C22H31N8O7P. The highest BCUT2D eigenvalue weighted by atomic mass is 31.2. The van der Waals surface area contributed by atoms with Gasteiger partial charge in [0.05, 0.1) is 25.1 Å². The number of aliphatic hydroxyl groups is 1. The van der Waals surface area contributed by atoms with Gasteiger partial charge >= 0.3 is 13.7 Å². The van der Waals surface area contributed by atoms with Crippen LogP contribution in [0.25, 0.3) is 11.2 Å². The summed E-state index contributed by atoms with van der Waals surface area (Å²) in [5.74, 6) is -0.408. The van der Waals surface area contributed by atoms with Gasteiger partial charge in [0, 0.05) is 0 Å². The standard InChI is InChI=1S/C22H31N8O7P/c1-11(2)35-21(32)12(3)29-38(33,37-13-7-5-4-6-8-13)34-9-14-17(31)15(23)20(36-14)30-10-26-16-18(24)27-22(25)28-19(16)30/h4-8,10-12,14-15,17,20,31H,9,23H2,1-3H3,(H,29,33)(H4,24,25,27,28)/t12-,14-,15-,17-,20-,38+/m1/s1. The Labute approximate surface area is 218 Å². The van der Waals surface area contributed by atoms with Crippen molar-refractivity contribution < 1.29 is 33.0 Å². The minimum atomic E-state index is -4.18. The molecule has 16 heteroatoms. The molecule has 6 atom stereocenters. The first-order valence-corrected chi connectivity index (χ1v) is 13.3. The van der Waals surface area contributed by atoms with Crippen molar-refractivity contribution in [3.8, 4) is 5.75 Å². The Morgan fingerprint density at radius 1 is 1.24 bits per heavy atom. The SMILES string of the molecule is CC(C)OC(=O)[C@@H](C)N[P@](=O)(OC[C@H]1O[C@@H](n2cnc3c(N)nc(N)nc32)[C@H](N)[C@@H]1O)Oc1ccccc1. The number of nitrogen functional groups attached to an aromatic ring is 2. The average Bonchev–Trinajstić information content (AvgIpc) is 3.39. The van der Waals surface area contributed by atoms with Crippen molar-refractivity contribution in [2.24, 2.45) is 5.73 Å². The molecule has 1 aliphatic heterocycles. The number of hydrogen-bond donors (Lipinski definition) is 5. The number of ether oxygens (including phenoxy) is 2. The largest absolute Gasteiger partial charge is 0.462 e. The van der Waals surface area contributed by atoms with Gasteiger partial charge in [0.1, 0.15) is 29.5 Å².